The third-order valence-corrected chi connectivity index (χ3v) is 4.96. The molecule has 0 fully saturated rings. The number of ether oxygens (including phenoxy) is 3. The molecular weight excluding hydrogens is 438 g/mol. The van der Waals surface area contributed by atoms with Gasteiger partial charge in [-0.25, -0.2) is 4.79 Å². The van der Waals surface area contributed by atoms with Crippen LogP contribution in [0.4, 0.5) is 0 Å². The van der Waals surface area contributed by atoms with Gasteiger partial charge in [-0.05, 0) is 49.6 Å². The van der Waals surface area contributed by atoms with Crippen LogP contribution in [0.15, 0.2) is 59.4 Å². The molecule has 0 aliphatic carbocycles. The number of rotatable bonds is 10. The van der Waals surface area contributed by atoms with Gasteiger partial charge in [-0.15, -0.1) is 0 Å². The van der Waals surface area contributed by atoms with E-state index in [1.54, 1.807) is 26.2 Å². The van der Waals surface area contributed by atoms with E-state index in [2.05, 4.69) is 10.4 Å². The molecule has 0 saturated carbocycles. The van der Waals surface area contributed by atoms with Crippen molar-refractivity contribution in [3.8, 4) is 17.2 Å². The molecule has 0 saturated heterocycles. The average molecular weight is 466 g/mol. The van der Waals surface area contributed by atoms with E-state index in [4.69, 9.17) is 14.2 Å². The minimum absolute atomic E-state index is 0.112. The van der Waals surface area contributed by atoms with Gasteiger partial charge in [0.05, 0.1) is 25.5 Å². The SMILES string of the molecule is CCOC(=O)c1nn(-c2ccccc2C)c(=O)cc1OCC(=O)NCCc1ccc(OC)cc1. The van der Waals surface area contributed by atoms with E-state index in [1.165, 1.54) is 0 Å². The first-order chi connectivity index (χ1) is 16.4. The summed E-state index contributed by atoms with van der Waals surface area (Å²) in [4.78, 5) is 37.4. The largest absolute Gasteiger partial charge is 0.497 e. The first-order valence-corrected chi connectivity index (χ1v) is 10.8. The molecule has 3 rings (SSSR count). The lowest BCUT2D eigenvalue weighted by molar-refractivity contribution is -0.123. The molecular formula is C25H27N3O6. The number of amides is 1. The van der Waals surface area contributed by atoms with Crippen LogP contribution in [0.2, 0.25) is 0 Å². The van der Waals surface area contributed by atoms with E-state index in [9.17, 15) is 14.4 Å². The lowest BCUT2D eigenvalue weighted by Gasteiger charge is -2.13. The predicted octanol–water partition coefficient (Wildman–Crippen LogP) is 2.46. The summed E-state index contributed by atoms with van der Waals surface area (Å²) in [6, 6.07) is 15.8. The summed E-state index contributed by atoms with van der Waals surface area (Å²) in [5, 5.41) is 6.93. The zero-order chi connectivity index (χ0) is 24.5. The number of nitrogens with one attached hydrogen (secondary N) is 1. The molecule has 0 aliphatic heterocycles. The van der Waals surface area contributed by atoms with E-state index in [0.717, 1.165) is 27.6 Å². The Morgan fingerprint density at radius 3 is 2.50 bits per heavy atom. The molecule has 2 aromatic carbocycles. The van der Waals surface area contributed by atoms with E-state index in [-0.39, 0.29) is 24.7 Å². The summed E-state index contributed by atoms with van der Waals surface area (Å²) in [6.45, 7) is 3.62. The number of hydrogen-bond donors (Lipinski definition) is 1. The molecule has 34 heavy (non-hydrogen) atoms. The van der Waals surface area contributed by atoms with Crippen molar-refractivity contribution in [1.82, 2.24) is 15.1 Å². The number of aryl methyl sites for hydroxylation is 1. The molecule has 1 N–H and O–H groups in total. The van der Waals surface area contributed by atoms with Gasteiger partial charge < -0.3 is 19.5 Å². The fraction of sp³-hybridized carbons (Fsp3) is 0.280. The van der Waals surface area contributed by atoms with Crippen molar-refractivity contribution >= 4 is 11.9 Å². The van der Waals surface area contributed by atoms with Crippen molar-refractivity contribution in [2.24, 2.45) is 0 Å². The van der Waals surface area contributed by atoms with E-state index in [1.807, 2.05) is 43.3 Å². The first kappa shape index (κ1) is 24.5. The zero-order valence-corrected chi connectivity index (χ0v) is 19.4. The fourth-order valence-corrected chi connectivity index (χ4v) is 3.20. The summed E-state index contributed by atoms with van der Waals surface area (Å²) in [7, 11) is 1.60. The summed E-state index contributed by atoms with van der Waals surface area (Å²) in [5.74, 6) is -0.499. The number of carbonyl (C=O) groups excluding carboxylic acids is 2. The standard InChI is InChI=1S/C25H27N3O6/c1-4-33-25(31)24-21(15-23(30)28(27-24)20-8-6-5-7-17(20)2)34-16-22(29)26-14-13-18-9-11-19(32-3)12-10-18/h5-12,15H,4,13-14,16H2,1-3H3,(H,26,29). The van der Waals surface area contributed by atoms with Gasteiger partial charge in [0.15, 0.2) is 12.4 Å². The summed E-state index contributed by atoms with van der Waals surface area (Å²) in [5.41, 5.74) is 1.68. The van der Waals surface area contributed by atoms with Gasteiger partial charge in [0.1, 0.15) is 5.75 Å². The lowest BCUT2D eigenvalue weighted by atomic mass is 10.1. The molecule has 0 atom stereocenters. The maximum Gasteiger partial charge on any atom is 0.362 e. The van der Waals surface area contributed by atoms with Crippen LogP contribution in [-0.2, 0) is 16.0 Å². The molecule has 1 amide bonds. The highest BCUT2D eigenvalue weighted by molar-refractivity contribution is 5.90. The second-order valence-corrected chi connectivity index (χ2v) is 7.35. The fourth-order valence-electron chi connectivity index (χ4n) is 3.20. The predicted molar refractivity (Wildman–Crippen MR) is 126 cm³/mol. The van der Waals surface area contributed by atoms with E-state index < -0.39 is 17.4 Å². The number of carbonyl (C=O) groups is 2. The van der Waals surface area contributed by atoms with E-state index >= 15 is 0 Å². The minimum Gasteiger partial charge on any atom is -0.497 e. The number of benzene rings is 2. The van der Waals surface area contributed by atoms with Gasteiger partial charge in [-0.3, -0.25) is 9.59 Å². The highest BCUT2D eigenvalue weighted by Gasteiger charge is 2.21. The lowest BCUT2D eigenvalue weighted by Crippen LogP contribution is -2.32. The van der Waals surface area contributed by atoms with Crippen LogP contribution >= 0.6 is 0 Å². The molecule has 178 valence electrons. The quantitative estimate of drug-likeness (QED) is 0.458. The first-order valence-electron chi connectivity index (χ1n) is 10.8. The summed E-state index contributed by atoms with van der Waals surface area (Å²) < 4.78 is 16.8. The van der Waals surface area contributed by atoms with Crippen LogP contribution in [0.3, 0.4) is 0 Å². The third-order valence-electron chi connectivity index (χ3n) is 4.96. The summed E-state index contributed by atoms with van der Waals surface area (Å²) in [6.07, 6.45) is 0.623. The Hall–Kier alpha value is -4.14. The molecule has 0 aliphatic rings. The molecule has 1 aromatic heterocycles. The number of esters is 1. The maximum absolute atomic E-state index is 12.7. The zero-order valence-electron chi connectivity index (χ0n) is 19.4. The van der Waals surface area contributed by atoms with Gasteiger partial charge in [-0.2, -0.15) is 9.78 Å². The van der Waals surface area contributed by atoms with Crippen molar-refractivity contribution in [2.75, 3.05) is 26.9 Å². The Morgan fingerprint density at radius 1 is 1.09 bits per heavy atom. The topological polar surface area (TPSA) is 109 Å². The molecule has 0 spiro atoms. The van der Waals surface area contributed by atoms with Crippen LogP contribution in [0.1, 0.15) is 28.5 Å². The molecule has 9 heteroatoms. The Morgan fingerprint density at radius 2 is 1.82 bits per heavy atom. The Balaban J connectivity index is 1.69. The maximum atomic E-state index is 12.7. The second kappa shape index (κ2) is 11.6. The Bertz CT molecular complexity index is 1200. The van der Waals surface area contributed by atoms with Crippen molar-refractivity contribution in [1.29, 1.82) is 0 Å². The number of hydrogen-bond acceptors (Lipinski definition) is 7. The monoisotopic (exact) mass is 465 g/mol. The number of aromatic nitrogens is 2. The Labute approximate surface area is 197 Å². The highest BCUT2D eigenvalue weighted by atomic mass is 16.5. The van der Waals surface area contributed by atoms with Crippen molar-refractivity contribution in [3.63, 3.8) is 0 Å². The number of methoxy groups -OCH3 is 1. The molecule has 9 nitrogen and oxygen atoms in total. The van der Waals surface area contributed by atoms with Crippen LogP contribution < -0.4 is 20.3 Å². The number of nitrogens with zero attached hydrogens (tertiary/aromatic N) is 2. The molecule has 3 aromatic rings. The van der Waals surface area contributed by atoms with Gasteiger partial charge >= 0.3 is 5.97 Å². The average Bonchev–Trinajstić information content (AvgIpc) is 2.84. The van der Waals surface area contributed by atoms with Crippen molar-refractivity contribution in [2.45, 2.75) is 20.3 Å². The van der Waals surface area contributed by atoms with Crippen molar-refractivity contribution < 1.29 is 23.8 Å². The third kappa shape index (κ3) is 6.22. The van der Waals surface area contributed by atoms with Crippen LogP contribution in [0.5, 0.6) is 11.5 Å². The second-order valence-electron chi connectivity index (χ2n) is 7.35. The van der Waals surface area contributed by atoms with Gasteiger partial charge in [0, 0.05) is 6.54 Å². The smallest absolute Gasteiger partial charge is 0.362 e. The molecule has 0 unspecified atom stereocenters. The van der Waals surface area contributed by atoms with Gasteiger partial charge in [0.25, 0.3) is 11.5 Å². The van der Waals surface area contributed by atoms with Crippen molar-refractivity contribution in [3.05, 3.63) is 81.8 Å². The minimum atomic E-state index is -0.750. The number of para-hydroxylation sites is 1. The molecule has 1 heterocycles. The van der Waals surface area contributed by atoms with Gasteiger partial charge in [-0.1, -0.05) is 30.3 Å². The normalized spacial score (nSPS) is 10.4. The summed E-state index contributed by atoms with van der Waals surface area (Å²) >= 11 is 0. The van der Waals surface area contributed by atoms with Crippen LogP contribution in [-0.4, -0.2) is 48.5 Å². The van der Waals surface area contributed by atoms with Crippen LogP contribution in [0, 0.1) is 6.92 Å². The Kier molecular flexibility index (Phi) is 8.39. The molecule has 0 bridgehead atoms. The molecule has 0 radical (unpaired) electrons. The van der Waals surface area contributed by atoms with E-state index in [0.29, 0.717) is 18.7 Å². The highest BCUT2D eigenvalue weighted by Crippen LogP contribution is 2.18. The van der Waals surface area contributed by atoms with Gasteiger partial charge in [0.2, 0.25) is 5.69 Å². The van der Waals surface area contributed by atoms with Crippen LogP contribution in [0.25, 0.3) is 5.69 Å².